The number of hydrogen-bond donors (Lipinski definition) is 1. The molecule has 0 atom stereocenters. The van der Waals surface area contributed by atoms with Gasteiger partial charge in [0.25, 0.3) is 0 Å². The van der Waals surface area contributed by atoms with E-state index in [4.69, 9.17) is 0 Å². The molecule has 0 spiro atoms. The summed E-state index contributed by atoms with van der Waals surface area (Å²) in [4.78, 5) is 8.92. The van der Waals surface area contributed by atoms with E-state index in [0.717, 1.165) is 33.0 Å². The second-order valence-electron chi connectivity index (χ2n) is 5.72. The van der Waals surface area contributed by atoms with Crippen LogP contribution in [0, 0.1) is 11.8 Å². The zero-order valence-electron chi connectivity index (χ0n) is 10.6. The van der Waals surface area contributed by atoms with Crippen molar-refractivity contribution in [2.45, 2.75) is 31.7 Å². The van der Waals surface area contributed by atoms with Gasteiger partial charge in [0.1, 0.15) is 5.52 Å². The third-order valence-corrected chi connectivity index (χ3v) is 4.56. The van der Waals surface area contributed by atoms with Crippen LogP contribution in [0.15, 0.2) is 29.0 Å². The van der Waals surface area contributed by atoms with Crippen molar-refractivity contribution in [1.82, 2.24) is 9.97 Å². The molecule has 2 fully saturated rings. The largest absolute Gasteiger partial charge is 0.380 e. The van der Waals surface area contributed by atoms with Crippen LogP contribution in [0.1, 0.15) is 25.7 Å². The van der Waals surface area contributed by atoms with Crippen LogP contribution in [-0.4, -0.2) is 16.0 Å². The highest BCUT2D eigenvalue weighted by Gasteiger charge is 2.41. The summed E-state index contributed by atoms with van der Waals surface area (Å²) in [6.45, 7) is 0. The summed E-state index contributed by atoms with van der Waals surface area (Å²) in [7, 11) is 0. The third-order valence-electron chi connectivity index (χ3n) is 4.13. The second kappa shape index (κ2) is 4.44. The van der Waals surface area contributed by atoms with Crippen molar-refractivity contribution in [3.05, 3.63) is 29.0 Å². The summed E-state index contributed by atoms with van der Waals surface area (Å²) >= 11 is 3.45. The quantitative estimate of drug-likeness (QED) is 0.926. The van der Waals surface area contributed by atoms with E-state index in [-0.39, 0.29) is 0 Å². The Morgan fingerprint density at radius 2 is 1.89 bits per heavy atom. The van der Waals surface area contributed by atoms with Crippen molar-refractivity contribution in [2.24, 2.45) is 11.8 Å². The molecule has 4 rings (SSSR count). The predicted molar refractivity (Wildman–Crippen MR) is 80.1 cm³/mol. The average Bonchev–Trinajstić information content (AvgIpc) is 3.28. The molecule has 3 nitrogen and oxygen atoms in total. The summed E-state index contributed by atoms with van der Waals surface area (Å²) < 4.78 is 0.977. The number of fused-ring (bicyclic) bond motifs is 1. The number of hydrogen-bond acceptors (Lipinski definition) is 3. The zero-order chi connectivity index (χ0) is 12.8. The highest BCUT2D eigenvalue weighted by atomic mass is 79.9. The molecule has 0 aliphatic heterocycles. The molecule has 2 heterocycles. The van der Waals surface area contributed by atoms with Crippen LogP contribution in [-0.2, 0) is 0 Å². The lowest BCUT2D eigenvalue weighted by atomic mass is 10.1. The molecule has 2 aromatic rings. The van der Waals surface area contributed by atoms with Crippen molar-refractivity contribution in [1.29, 1.82) is 0 Å². The maximum absolute atomic E-state index is 4.52. The van der Waals surface area contributed by atoms with Gasteiger partial charge in [-0.1, -0.05) is 0 Å². The number of anilines is 1. The van der Waals surface area contributed by atoms with Gasteiger partial charge in [-0.05, 0) is 65.6 Å². The highest BCUT2D eigenvalue weighted by molar-refractivity contribution is 9.10. The van der Waals surface area contributed by atoms with Crippen LogP contribution >= 0.6 is 15.9 Å². The molecule has 4 heteroatoms. The van der Waals surface area contributed by atoms with E-state index in [2.05, 4.69) is 37.3 Å². The van der Waals surface area contributed by atoms with Crippen LogP contribution in [0.2, 0.25) is 0 Å². The number of nitrogens with zero attached hydrogens (tertiary/aromatic N) is 2. The molecular formula is C15H16BrN3. The lowest BCUT2D eigenvalue weighted by molar-refractivity contribution is 0.568. The minimum absolute atomic E-state index is 0.649. The molecule has 0 bridgehead atoms. The van der Waals surface area contributed by atoms with Crippen molar-refractivity contribution in [2.75, 3.05) is 5.32 Å². The Hall–Kier alpha value is -1.16. The molecule has 0 saturated heterocycles. The maximum Gasteiger partial charge on any atom is 0.112 e. The Morgan fingerprint density at radius 1 is 1.16 bits per heavy atom. The Bertz CT molecular complexity index is 608. The standard InChI is InChI=1S/C15H16BrN3/c16-11-7-13-15(18-8-11)12(5-6-17-13)19-14(9-1-2-9)10-3-4-10/h5-10,14H,1-4H2,(H,17,19). The summed E-state index contributed by atoms with van der Waals surface area (Å²) in [5.74, 6) is 1.76. The molecule has 0 unspecified atom stereocenters. The van der Waals surface area contributed by atoms with Crippen molar-refractivity contribution in [3.63, 3.8) is 0 Å². The number of aromatic nitrogens is 2. The smallest absolute Gasteiger partial charge is 0.112 e. The first-order valence-electron chi connectivity index (χ1n) is 6.98. The van der Waals surface area contributed by atoms with Gasteiger partial charge in [-0.25, -0.2) is 0 Å². The Balaban J connectivity index is 1.69. The molecule has 98 valence electrons. The van der Waals surface area contributed by atoms with Gasteiger partial charge in [-0.15, -0.1) is 0 Å². The molecule has 0 radical (unpaired) electrons. The van der Waals surface area contributed by atoms with E-state index in [1.165, 1.54) is 25.7 Å². The van der Waals surface area contributed by atoms with Crippen molar-refractivity contribution < 1.29 is 0 Å². The fourth-order valence-corrected chi connectivity index (χ4v) is 3.15. The minimum atomic E-state index is 0.649. The third kappa shape index (κ3) is 2.34. The van der Waals surface area contributed by atoms with Crippen LogP contribution in [0.5, 0.6) is 0 Å². The summed E-state index contributed by atoms with van der Waals surface area (Å²) in [5.41, 5.74) is 3.07. The fourth-order valence-electron chi connectivity index (χ4n) is 2.83. The molecule has 2 saturated carbocycles. The summed E-state index contributed by atoms with van der Waals surface area (Å²) in [6, 6.07) is 4.73. The highest BCUT2D eigenvalue weighted by Crippen LogP contribution is 2.46. The average molecular weight is 318 g/mol. The minimum Gasteiger partial charge on any atom is -0.380 e. The van der Waals surface area contributed by atoms with E-state index < -0.39 is 0 Å². The Labute approximate surface area is 121 Å². The normalized spacial score (nSPS) is 19.1. The topological polar surface area (TPSA) is 37.8 Å². The maximum atomic E-state index is 4.52. The number of pyridine rings is 2. The Kier molecular flexibility index (Phi) is 2.72. The van der Waals surface area contributed by atoms with Crippen LogP contribution in [0.4, 0.5) is 5.69 Å². The SMILES string of the molecule is Brc1cnc2c(NC(C3CC3)C3CC3)ccnc2c1. The predicted octanol–water partition coefficient (Wildman–Crippen LogP) is 3.99. The van der Waals surface area contributed by atoms with E-state index in [0.29, 0.717) is 6.04 Å². The number of rotatable bonds is 4. The van der Waals surface area contributed by atoms with Gasteiger partial charge in [0.15, 0.2) is 0 Å². The van der Waals surface area contributed by atoms with E-state index in [9.17, 15) is 0 Å². The van der Waals surface area contributed by atoms with Crippen molar-refractivity contribution >= 4 is 32.7 Å². The molecule has 1 N–H and O–H groups in total. The number of halogens is 1. The van der Waals surface area contributed by atoms with Gasteiger partial charge in [-0.3, -0.25) is 9.97 Å². The molecular weight excluding hydrogens is 302 g/mol. The molecule has 0 aromatic carbocycles. The van der Waals surface area contributed by atoms with E-state index in [1.54, 1.807) is 0 Å². The summed E-state index contributed by atoms with van der Waals surface area (Å²) in [5, 5.41) is 3.75. The lowest BCUT2D eigenvalue weighted by Crippen LogP contribution is -2.24. The van der Waals surface area contributed by atoms with Crippen molar-refractivity contribution in [3.8, 4) is 0 Å². The molecule has 19 heavy (non-hydrogen) atoms. The van der Waals surface area contributed by atoms with Gasteiger partial charge < -0.3 is 5.32 Å². The molecule has 2 aromatic heterocycles. The van der Waals surface area contributed by atoms with Crippen LogP contribution in [0.25, 0.3) is 11.0 Å². The molecule has 2 aliphatic carbocycles. The monoisotopic (exact) mass is 317 g/mol. The Morgan fingerprint density at radius 3 is 2.58 bits per heavy atom. The van der Waals surface area contributed by atoms with Gasteiger partial charge in [0.2, 0.25) is 0 Å². The second-order valence-corrected chi connectivity index (χ2v) is 6.64. The van der Waals surface area contributed by atoms with Gasteiger partial charge in [0.05, 0.1) is 11.2 Å². The first kappa shape index (κ1) is 11.6. The lowest BCUT2D eigenvalue weighted by Gasteiger charge is -2.19. The first-order chi connectivity index (χ1) is 9.31. The first-order valence-corrected chi connectivity index (χ1v) is 7.77. The summed E-state index contributed by atoms with van der Waals surface area (Å²) in [6.07, 6.45) is 9.26. The van der Waals surface area contributed by atoms with Crippen LogP contribution in [0.3, 0.4) is 0 Å². The number of nitrogens with one attached hydrogen (secondary N) is 1. The van der Waals surface area contributed by atoms with Gasteiger partial charge in [0, 0.05) is 22.9 Å². The fraction of sp³-hybridized carbons (Fsp3) is 0.467. The molecule has 2 aliphatic rings. The van der Waals surface area contributed by atoms with Gasteiger partial charge >= 0.3 is 0 Å². The van der Waals surface area contributed by atoms with Gasteiger partial charge in [-0.2, -0.15) is 0 Å². The van der Waals surface area contributed by atoms with E-state index in [1.807, 2.05) is 18.5 Å². The molecule has 0 amide bonds. The van der Waals surface area contributed by atoms with Crippen LogP contribution < -0.4 is 5.32 Å². The van der Waals surface area contributed by atoms with E-state index >= 15 is 0 Å². The zero-order valence-corrected chi connectivity index (χ0v) is 12.2.